The van der Waals surface area contributed by atoms with Crippen LogP contribution >= 0.6 is 0 Å². The Morgan fingerprint density at radius 2 is 1.97 bits per heavy atom. The van der Waals surface area contributed by atoms with Crippen LogP contribution in [0.1, 0.15) is 39.2 Å². The first-order valence-corrected chi connectivity index (χ1v) is 11.3. The third-order valence-electron chi connectivity index (χ3n) is 5.55. The largest absolute Gasteiger partial charge is 0.363 e. The fraction of sp³-hybridized carbons (Fsp3) is 0.583. The minimum atomic E-state index is 0.484. The molecule has 1 aliphatic rings. The van der Waals surface area contributed by atoms with Gasteiger partial charge in [0, 0.05) is 51.7 Å². The van der Waals surface area contributed by atoms with Crippen LogP contribution in [0.15, 0.2) is 35.3 Å². The molecule has 164 valence electrons. The second-order valence-electron chi connectivity index (χ2n) is 8.86. The van der Waals surface area contributed by atoms with Crippen molar-refractivity contribution in [3.05, 3.63) is 35.9 Å². The van der Waals surface area contributed by atoms with E-state index < -0.39 is 0 Å². The van der Waals surface area contributed by atoms with Crippen molar-refractivity contribution in [1.82, 2.24) is 20.5 Å². The van der Waals surface area contributed by atoms with Crippen LogP contribution in [-0.4, -0.2) is 62.2 Å². The van der Waals surface area contributed by atoms with Crippen molar-refractivity contribution in [3.63, 3.8) is 0 Å². The molecule has 3 rings (SSSR count). The van der Waals surface area contributed by atoms with E-state index in [1.165, 1.54) is 30.3 Å². The van der Waals surface area contributed by atoms with Gasteiger partial charge in [0.25, 0.3) is 0 Å². The summed E-state index contributed by atoms with van der Waals surface area (Å²) in [6, 6.07) is 11.0. The Bertz CT molecular complexity index is 837. The number of piperidine rings is 1. The van der Waals surface area contributed by atoms with E-state index in [1.54, 1.807) is 0 Å². The highest BCUT2D eigenvalue weighted by molar-refractivity contribution is 5.85. The quantitative estimate of drug-likeness (QED) is 0.541. The van der Waals surface area contributed by atoms with Gasteiger partial charge in [0.05, 0.1) is 12.1 Å². The molecule has 30 heavy (non-hydrogen) atoms. The molecule has 1 saturated heterocycles. The highest BCUT2D eigenvalue weighted by Gasteiger charge is 2.20. The van der Waals surface area contributed by atoms with Crippen LogP contribution in [0.5, 0.6) is 0 Å². The van der Waals surface area contributed by atoms with E-state index in [2.05, 4.69) is 60.6 Å². The van der Waals surface area contributed by atoms with Gasteiger partial charge in [-0.3, -0.25) is 0 Å². The average Bonchev–Trinajstić information content (AvgIpc) is 2.72. The van der Waals surface area contributed by atoms with Gasteiger partial charge in [-0.2, -0.15) is 0 Å². The molecule has 0 unspecified atom stereocenters. The molecular weight excluding hydrogens is 372 g/mol. The zero-order valence-corrected chi connectivity index (χ0v) is 19.3. The van der Waals surface area contributed by atoms with Crippen molar-refractivity contribution in [1.29, 1.82) is 0 Å². The topological polar surface area (TPSA) is 55.8 Å². The number of aliphatic imine (C=N–C) groups is 1. The number of likely N-dealkylation sites (tertiary alicyclic amines) is 1. The van der Waals surface area contributed by atoms with Gasteiger partial charge in [0.1, 0.15) is 5.82 Å². The number of benzene rings is 1. The normalized spacial score (nSPS) is 16.3. The summed E-state index contributed by atoms with van der Waals surface area (Å²) in [4.78, 5) is 14.3. The van der Waals surface area contributed by atoms with Crippen LogP contribution in [-0.2, 0) is 6.54 Å². The molecule has 1 aromatic heterocycles. The Hall–Kier alpha value is -2.34. The van der Waals surface area contributed by atoms with Gasteiger partial charge in [-0.05, 0) is 43.4 Å². The molecule has 0 radical (unpaired) electrons. The zero-order chi connectivity index (χ0) is 21.5. The summed E-state index contributed by atoms with van der Waals surface area (Å²) in [6.07, 6.45) is 2.33. The number of nitrogens with zero attached hydrogens (tertiary/aromatic N) is 4. The molecule has 2 N–H and O–H groups in total. The van der Waals surface area contributed by atoms with Crippen molar-refractivity contribution in [2.45, 2.75) is 46.2 Å². The van der Waals surface area contributed by atoms with Gasteiger partial charge < -0.3 is 20.4 Å². The van der Waals surface area contributed by atoms with Crippen molar-refractivity contribution >= 4 is 22.7 Å². The van der Waals surface area contributed by atoms with E-state index in [0.29, 0.717) is 12.6 Å². The van der Waals surface area contributed by atoms with Crippen molar-refractivity contribution in [2.24, 2.45) is 10.9 Å². The third kappa shape index (κ3) is 6.08. The summed E-state index contributed by atoms with van der Waals surface area (Å²) >= 11 is 0. The Balaban J connectivity index is 1.71. The van der Waals surface area contributed by atoms with Gasteiger partial charge in [-0.25, -0.2) is 9.98 Å². The molecule has 1 fully saturated rings. The molecule has 1 aliphatic heterocycles. The number of aromatic nitrogens is 1. The Morgan fingerprint density at radius 3 is 2.63 bits per heavy atom. The molecule has 1 aromatic carbocycles. The maximum atomic E-state index is 4.93. The van der Waals surface area contributed by atoms with E-state index in [4.69, 9.17) is 9.98 Å². The number of rotatable bonds is 7. The fourth-order valence-corrected chi connectivity index (χ4v) is 4.05. The van der Waals surface area contributed by atoms with E-state index in [9.17, 15) is 0 Å². The SMILES string of the molecule is CCNC(=NCc1cc(N(C)C)nc2ccccc12)NC1CCN(CC(C)C)CC1. The molecule has 0 saturated carbocycles. The monoisotopic (exact) mass is 410 g/mol. The molecule has 0 amide bonds. The summed E-state index contributed by atoms with van der Waals surface area (Å²) in [6.45, 7) is 11.7. The first-order chi connectivity index (χ1) is 14.5. The van der Waals surface area contributed by atoms with E-state index in [-0.39, 0.29) is 0 Å². The number of anilines is 1. The molecule has 0 atom stereocenters. The molecule has 2 aromatic rings. The molecule has 0 bridgehead atoms. The second kappa shape index (κ2) is 10.6. The average molecular weight is 411 g/mol. The lowest BCUT2D eigenvalue weighted by Crippen LogP contribution is -2.49. The Labute approximate surface area is 181 Å². The number of hydrogen-bond donors (Lipinski definition) is 2. The van der Waals surface area contributed by atoms with Crippen molar-refractivity contribution in [3.8, 4) is 0 Å². The van der Waals surface area contributed by atoms with Crippen LogP contribution in [0.25, 0.3) is 10.9 Å². The lowest BCUT2D eigenvalue weighted by atomic mass is 10.0. The zero-order valence-electron chi connectivity index (χ0n) is 19.3. The summed E-state index contributed by atoms with van der Waals surface area (Å²) in [5, 5.41) is 8.27. The molecule has 0 aliphatic carbocycles. The lowest BCUT2D eigenvalue weighted by molar-refractivity contribution is 0.187. The molecule has 6 nitrogen and oxygen atoms in total. The van der Waals surface area contributed by atoms with E-state index in [1.807, 2.05) is 25.1 Å². The van der Waals surface area contributed by atoms with Gasteiger partial charge in [-0.1, -0.05) is 32.0 Å². The number of guanidine groups is 1. The molecule has 2 heterocycles. The number of pyridine rings is 1. The predicted molar refractivity (Wildman–Crippen MR) is 128 cm³/mol. The van der Waals surface area contributed by atoms with Gasteiger partial charge >= 0.3 is 0 Å². The third-order valence-corrected chi connectivity index (χ3v) is 5.55. The van der Waals surface area contributed by atoms with Gasteiger partial charge in [0.15, 0.2) is 5.96 Å². The molecule has 0 spiro atoms. The predicted octanol–water partition coefficient (Wildman–Crippen LogP) is 3.48. The van der Waals surface area contributed by atoms with Crippen molar-refractivity contribution < 1.29 is 0 Å². The number of para-hydroxylation sites is 1. The molecule has 6 heteroatoms. The summed E-state index contributed by atoms with van der Waals surface area (Å²) < 4.78 is 0. The minimum absolute atomic E-state index is 0.484. The smallest absolute Gasteiger partial charge is 0.191 e. The van der Waals surface area contributed by atoms with Crippen molar-refractivity contribution in [2.75, 3.05) is 45.2 Å². The van der Waals surface area contributed by atoms with Gasteiger partial charge in [0.2, 0.25) is 0 Å². The van der Waals surface area contributed by atoms with Crippen LogP contribution < -0.4 is 15.5 Å². The minimum Gasteiger partial charge on any atom is -0.363 e. The second-order valence-corrected chi connectivity index (χ2v) is 8.86. The molecular formula is C24H38N6. The van der Waals surface area contributed by atoms with Crippen LogP contribution in [0.4, 0.5) is 5.82 Å². The maximum Gasteiger partial charge on any atom is 0.191 e. The highest BCUT2D eigenvalue weighted by Crippen LogP contribution is 2.23. The van der Waals surface area contributed by atoms with Crippen LogP contribution in [0.2, 0.25) is 0 Å². The lowest BCUT2D eigenvalue weighted by Gasteiger charge is -2.34. The fourth-order valence-electron chi connectivity index (χ4n) is 4.05. The van der Waals surface area contributed by atoms with E-state index in [0.717, 1.165) is 42.8 Å². The maximum absolute atomic E-state index is 4.93. The number of hydrogen-bond acceptors (Lipinski definition) is 4. The standard InChI is InChI=1S/C24H38N6/c1-6-25-24(27-20-11-13-30(14-12-20)17-18(2)3)26-16-19-15-23(29(4)5)28-22-10-8-7-9-21(19)22/h7-10,15,18,20H,6,11-14,16-17H2,1-5H3,(H2,25,26,27). The first kappa shape index (κ1) is 22.3. The van der Waals surface area contributed by atoms with Crippen LogP contribution in [0, 0.1) is 5.92 Å². The summed E-state index contributed by atoms with van der Waals surface area (Å²) in [5.74, 6) is 2.61. The van der Waals surface area contributed by atoms with E-state index >= 15 is 0 Å². The summed E-state index contributed by atoms with van der Waals surface area (Å²) in [5.41, 5.74) is 2.22. The first-order valence-electron chi connectivity index (χ1n) is 11.3. The van der Waals surface area contributed by atoms with Crippen LogP contribution in [0.3, 0.4) is 0 Å². The summed E-state index contributed by atoms with van der Waals surface area (Å²) in [7, 11) is 4.06. The highest BCUT2D eigenvalue weighted by atomic mass is 15.2. The Morgan fingerprint density at radius 1 is 1.23 bits per heavy atom. The Kier molecular flexibility index (Phi) is 7.91. The number of nitrogens with one attached hydrogen (secondary N) is 2. The number of fused-ring (bicyclic) bond motifs is 1. The van der Waals surface area contributed by atoms with Gasteiger partial charge in [-0.15, -0.1) is 0 Å².